The van der Waals surface area contributed by atoms with Gasteiger partial charge in [-0.05, 0) is 37.1 Å². The number of aryl methyl sites for hydroxylation is 1. The van der Waals surface area contributed by atoms with Gasteiger partial charge in [0.15, 0.2) is 11.6 Å². The Morgan fingerprint density at radius 1 is 1.12 bits per heavy atom. The maximum absolute atomic E-state index is 13.7. The molecule has 2 aromatic rings. The van der Waals surface area contributed by atoms with Gasteiger partial charge in [0, 0.05) is 19.0 Å². The first kappa shape index (κ1) is 18.8. The first-order chi connectivity index (χ1) is 12.0. The van der Waals surface area contributed by atoms with Crippen LogP contribution in [0.5, 0.6) is 11.5 Å². The molecule has 0 spiro atoms. The van der Waals surface area contributed by atoms with Gasteiger partial charge in [0.2, 0.25) is 5.91 Å². The number of nitrogens with zero attached hydrogens (tertiary/aromatic N) is 1. The van der Waals surface area contributed by atoms with Crippen molar-refractivity contribution in [2.24, 2.45) is 0 Å². The van der Waals surface area contributed by atoms with Crippen molar-refractivity contribution in [1.29, 1.82) is 0 Å². The maximum atomic E-state index is 13.7. The van der Waals surface area contributed by atoms with Crippen molar-refractivity contribution >= 4 is 5.91 Å². The lowest BCUT2D eigenvalue weighted by Gasteiger charge is -2.26. The molecule has 0 heterocycles. The van der Waals surface area contributed by atoms with E-state index in [4.69, 9.17) is 9.47 Å². The summed E-state index contributed by atoms with van der Waals surface area (Å²) in [7, 11) is 4.81. The van der Waals surface area contributed by atoms with Gasteiger partial charge in [0.05, 0.1) is 20.3 Å². The van der Waals surface area contributed by atoms with Gasteiger partial charge in [-0.25, -0.2) is 4.39 Å². The summed E-state index contributed by atoms with van der Waals surface area (Å²) in [6.07, 6.45) is 0.782. The van der Waals surface area contributed by atoms with E-state index < -0.39 is 5.82 Å². The summed E-state index contributed by atoms with van der Waals surface area (Å²) in [5.41, 5.74) is 1.72. The molecule has 0 aliphatic carbocycles. The summed E-state index contributed by atoms with van der Waals surface area (Å²) in [6, 6.07) is 12.3. The standard InChI is InChI=1S/C20H24FNO3/c1-14(16-7-5-6-8-18(16)24-3)22(2)20(23)12-10-15-9-11-19(25-4)17(21)13-15/h5-9,11,13-14H,10,12H2,1-4H3. The largest absolute Gasteiger partial charge is 0.496 e. The van der Waals surface area contributed by atoms with Crippen LogP contribution in [0, 0.1) is 5.82 Å². The highest BCUT2D eigenvalue weighted by Gasteiger charge is 2.20. The van der Waals surface area contributed by atoms with E-state index in [-0.39, 0.29) is 17.7 Å². The van der Waals surface area contributed by atoms with E-state index in [1.807, 2.05) is 31.2 Å². The highest BCUT2D eigenvalue weighted by Crippen LogP contribution is 2.28. The Morgan fingerprint density at radius 2 is 1.80 bits per heavy atom. The summed E-state index contributed by atoms with van der Waals surface area (Å²) in [5, 5.41) is 0. The molecule has 0 saturated carbocycles. The molecule has 25 heavy (non-hydrogen) atoms. The van der Waals surface area contributed by atoms with Gasteiger partial charge in [0.25, 0.3) is 0 Å². The Hall–Kier alpha value is -2.56. The van der Waals surface area contributed by atoms with Gasteiger partial charge in [0.1, 0.15) is 5.75 Å². The van der Waals surface area contributed by atoms with Gasteiger partial charge in [-0.3, -0.25) is 4.79 Å². The molecule has 0 fully saturated rings. The van der Waals surface area contributed by atoms with E-state index in [9.17, 15) is 9.18 Å². The number of methoxy groups -OCH3 is 2. The van der Waals surface area contributed by atoms with Crippen molar-refractivity contribution in [2.75, 3.05) is 21.3 Å². The molecule has 0 N–H and O–H groups in total. The van der Waals surface area contributed by atoms with Crippen molar-refractivity contribution in [3.05, 3.63) is 59.4 Å². The molecule has 1 unspecified atom stereocenters. The fourth-order valence-corrected chi connectivity index (χ4v) is 2.73. The third-order valence-electron chi connectivity index (χ3n) is 4.41. The minimum absolute atomic E-state index is 0.00497. The Kier molecular flexibility index (Phi) is 6.39. The Bertz CT molecular complexity index is 733. The summed E-state index contributed by atoms with van der Waals surface area (Å²) in [4.78, 5) is 14.2. The molecular formula is C20H24FNO3. The van der Waals surface area contributed by atoms with E-state index in [2.05, 4.69) is 0 Å². The van der Waals surface area contributed by atoms with Crippen LogP contribution >= 0.6 is 0 Å². The van der Waals surface area contributed by atoms with E-state index >= 15 is 0 Å². The molecule has 2 aromatic carbocycles. The lowest BCUT2D eigenvalue weighted by atomic mass is 10.0. The van der Waals surface area contributed by atoms with Gasteiger partial charge in [-0.1, -0.05) is 24.3 Å². The van der Waals surface area contributed by atoms with Crippen LogP contribution in [0.2, 0.25) is 0 Å². The molecule has 0 aliphatic heterocycles. The smallest absolute Gasteiger partial charge is 0.223 e. The second kappa shape index (κ2) is 8.51. The molecule has 5 heteroatoms. The van der Waals surface area contributed by atoms with Crippen LogP contribution < -0.4 is 9.47 Å². The van der Waals surface area contributed by atoms with Crippen LogP contribution in [-0.4, -0.2) is 32.1 Å². The van der Waals surface area contributed by atoms with Crippen LogP contribution in [0.3, 0.4) is 0 Å². The molecule has 0 aromatic heterocycles. The summed E-state index contributed by atoms with van der Waals surface area (Å²) < 4.78 is 24.0. The predicted octanol–water partition coefficient (Wildman–Crippen LogP) is 4.00. The average Bonchev–Trinajstić information content (AvgIpc) is 2.64. The van der Waals surface area contributed by atoms with Crippen molar-refractivity contribution in [2.45, 2.75) is 25.8 Å². The fourth-order valence-electron chi connectivity index (χ4n) is 2.73. The fraction of sp³-hybridized carbons (Fsp3) is 0.350. The summed E-state index contributed by atoms with van der Waals surface area (Å²) in [6.45, 7) is 1.96. The molecule has 2 rings (SSSR count). The number of carbonyl (C=O) groups excluding carboxylic acids is 1. The minimum atomic E-state index is -0.414. The molecule has 4 nitrogen and oxygen atoms in total. The first-order valence-electron chi connectivity index (χ1n) is 8.19. The molecule has 1 atom stereocenters. The molecule has 0 radical (unpaired) electrons. The van der Waals surface area contributed by atoms with Crippen molar-refractivity contribution in [3.63, 3.8) is 0 Å². The Morgan fingerprint density at radius 3 is 2.44 bits per heavy atom. The number of hydrogen-bond acceptors (Lipinski definition) is 3. The van der Waals surface area contributed by atoms with Gasteiger partial charge >= 0.3 is 0 Å². The average molecular weight is 345 g/mol. The molecular weight excluding hydrogens is 321 g/mol. The van der Waals surface area contributed by atoms with E-state index in [1.165, 1.54) is 13.2 Å². The summed E-state index contributed by atoms with van der Waals surface area (Å²) >= 11 is 0. The zero-order valence-electron chi connectivity index (χ0n) is 15.1. The van der Waals surface area contributed by atoms with Crippen LogP contribution in [0.4, 0.5) is 4.39 Å². The Balaban J connectivity index is 2.01. The molecule has 0 bridgehead atoms. The topological polar surface area (TPSA) is 38.8 Å². The minimum Gasteiger partial charge on any atom is -0.496 e. The van der Waals surface area contributed by atoms with Crippen LogP contribution in [-0.2, 0) is 11.2 Å². The number of benzene rings is 2. The second-order valence-corrected chi connectivity index (χ2v) is 5.89. The highest BCUT2D eigenvalue weighted by molar-refractivity contribution is 5.76. The van der Waals surface area contributed by atoms with Crippen molar-refractivity contribution < 1.29 is 18.7 Å². The quantitative estimate of drug-likeness (QED) is 0.761. The van der Waals surface area contributed by atoms with Crippen molar-refractivity contribution in [3.8, 4) is 11.5 Å². The summed E-state index contributed by atoms with van der Waals surface area (Å²) in [5.74, 6) is 0.543. The third kappa shape index (κ3) is 4.50. The van der Waals surface area contributed by atoms with E-state index in [0.29, 0.717) is 12.8 Å². The third-order valence-corrected chi connectivity index (χ3v) is 4.41. The van der Waals surface area contributed by atoms with Crippen LogP contribution in [0.25, 0.3) is 0 Å². The number of rotatable bonds is 7. The van der Waals surface area contributed by atoms with E-state index in [0.717, 1.165) is 16.9 Å². The number of ether oxygens (including phenoxy) is 2. The van der Waals surface area contributed by atoms with E-state index in [1.54, 1.807) is 31.2 Å². The number of hydrogen-bond donors (Lipinski definition) is 0. The predicted molar refractivity (Wildman–Crippen MR) is 95.5 cm³/mol. The lowest BCUT2D eigenvalue weighted by molar-refractivity contribution is -0.131. The molecule has 0 aliphatic rings. The SMILES string of the molecule is COc1ccc(CCC(=O)N(C)C(C)c2ccccc2OC)cc1F. The van der Waals surface area contributed by atoms with Gasteiger partial charge in [-0.15, -0.1) is 0 Å². The van der Waals surface area contributed by atoms with Crippen LogP contribution in [0.1, 0.15) is 30.5 Å². The zero-order valence-corrected chi connectivity index (χ0v) is 15.1. The van der Waals surface area contributed by atoms with Crippen LogP contribution in [0.15, 0.2) is 42.5 Å². The Labute approximate surface area is 148 Å². The normalized spacial score (nSPS) is 11.7. The number of carbonyl (C=O) groups is 1. The molecule has 1 amide bonds. The lowest BCUT2D eigenvalue weighted by Crippen LogP contribution is -2.30. The number of amides is 1. The van der Waals surface area contributed by atoms with Crippen molar-refractivity contribution in [1.82, 2.24) is 4.90 Å². The molecule has 0 saturated heterocycles. The molecule has 134 valence electrons. The van der Waals surface area contributed by atoms with Gasteiger partial charge in [-0.2, -0.15) is 0 Å². The highest BCUT2D eigenvalue weighted by atomic mass is 19.1. The number of halogens is 1. The first-order valence-corrected chi connectivity index (χ1v) is 8.19. The monoisotopic (exact) mass is 345 g/mol. The zero-order chi connectivity index (χ0) is 18.4. The number of para-hydroxylation sites is 1. The second-order valence-electron chi connectivity index (χ2n) is 5.89. The van der Waals surface area contributed by atoms with Gasteiger partial charge < -0.3 is 14.4 Å². The maximum Gasteiger partial charge on any atom is 0.223 e.